The largest absolute Gasteiger partial charge is 1.00 e. The summed E-state index contributed by atoms with van der Waals surface area (Å²) in [6, 6.07) is 0. The van der Waals surface area contributed by atoms with Crippen molar-refractivity contribution in [1.82, 2.24) is 4.90 Å². The van der Waals surface area contributed by atoms with Gasteiger partial charge in [-0.05, 0) is 14.1 Å². The van der Waals surface area contributed by atoms with Crippen LogP contribution in [0.4, 0.5) is 0 Å². The zero-order chi connectivity index (χ0) is 4.99. The molecule has 0 aromatic carbocycles. The number of aliphatic hydroxyl groups is 1. The second kappa shape index (κ2) is 6.52. The number of likely N-dealkylation sites (N-methyl/N-ethyl adjacent to an activating group) is 1. The first-order valence-corrected chi connectivity index (χ1v) is 2.03. The maximum absolute atomic E-state index is 8.20. The van der Waals surface area contributed by atoms with Gasteiger partial charge in [0.25, 0.3) is 0 Å². The SMILES string of the molecule is CN(C)CCO.[H-].[Li+]. The average molecular weight is 97.1 g/mol. The summed E-state index contributed by atoms with van der Waals surface area (Å²) >= 11 is 0. The predicted molar refractivity (Wildman–Crippen MR) is 26.8 cm³/mol. The summed E-state index contributed by atoms with van der Waals surface area (Å²) in [5.41, 5.74) is 0. The summed E-state index contributed by atoms with van der Waals surface area (Å²) in [5.74, 6) is 0. The van der Waals surface area contributed by atoms with Crippen LogP contribution < -0.4 is 18.9 Å². The third-order valence-electron chi connectivity index (χ3n) is 0.547. The van der Waals surface area contributed by atoms with Gasteiger partial charge in [-0.15, -0.1) is 0 Å². The molecule has 0 unspecified atom stereocenters. The Morgan fingerprint density at radius 3 is 2.00 bits per heavy atom. The minimum atomic E-state index is 0. The summed E-state index contributed by atoms with van der Waals surface area (Å²) in [5, 5.41) is 8.20. The molecule has 0 amide bonds. The fourth-order valence-corrected chi connectivity index (χ4v) is 0.200. The number of aliphatic hydroxyl groups excluding tert-OH is 1. The van der Waals surface area contributed by atoms with Gasteiger partial charge in [0.2, 0.25) is 0 Å². The Morgan fingerprint density at radius 2 is 2.00 bits per heavy atom. The Bertz CT molecular complexity index is 37.2. The molecule has 0 atom stereocenters. The van der Waals surface area contributed by atoms with Crippen LogP contribution in [-0.4, -0.2) is 37.3 Å². The van der Waals surface area contributed by atoms with Crippen molar-refractivity contribution in [2.45, 2.75) is 0 Å². The molecule has 0 spiro atoms. The van der Waals surface area contributed by atoms with E-state index in [9.17, 15) is 0 Å². The number of nitrogens with zero attached hydrogens (tertiary/aromatic N) is 1. The number of hydrogen-bond donors (Lipinski definition) is 1. The van der Waals surface area contributed by atoms with Crippen molar-refractivity contribution in [1.29, 1.82) is 0 Å². The molecule has 7 heavy (non-hydrogen) atoms. The molecule has 0 aliphatic carbocycles. The molecule has 0 heterocycles. The molecule has 40 valence electrons. The van der Waals surface area contributed by atoms with Gasteiger partial charge >= 0.3 is 18.9 Å². The van der Waals surface area contributed by atoms with E-state index in [2.05, 4.69) is 0 Å². The summed E-state index contributed by atoms with van der Waals surface area (Å²) in [6.07, 6.45) is 0. The molecule has 3 heteroatoms. The Labute approximate surface area is 58.2 Å². The molecule has 0 aliphatic heterocycles. The van der Waals surface area contributed by atoms with Crippen LogP contribution in [0.1, 0.15) is 1.43 Å². The zero-order valence-corrected chi connectivity index (χ0v) is 5.31. The van der Waals surface area contributed by atoms with Gasteiger partial charge in [-0.2, -0.15) is 0 Å². The molecule has 0 fully saturated rings. The summed E-state index contributed by atoms with van der Waals surface area (Å²) in [7, 11) is 3.85. The molecule has 0 radical (unpaired) electrons. The van der Waals surface area contributed by atoms with Crippen molar-refractivity contribution in [3.8, 4) is 0 Å². The first-order chi connectivity index (χ1) is 2.77. The van der Waals surface area contributed by atoms with Crippen molar-refractivity contribution >= 4 is 0 Å². The van der Waals surface area contributed by atoms with Crippen LogP contribution in [0.2, 0.25) is 0 Å². The maximum atomic E-state index is 8.20. The predicted octanol–water partition coefficient (Wildman–Crippen LogP) is -3.34. The van der Waals surface area contributed by atoms with E-state index in [1.165, 1.54) is 0 Å². The molecule has 0 saturated carbocycles. The Morgan fingerprint density at radius 1 is 1.57 bits per heavy atom. The van der Waals surface area contributed by atoms with Gasteiger partial charge in [0, 0.05) is 6.54 Å². The van der Waals surface area contributed by atoms with Crippen molar-refractivity contribution < 1.29 is 25.4 Å². The topological polar surface area (TPSA) is 23.5 Å². The van der Waals surface area contributed by atoms with E-state index >= 15 is 0 Å². The molecular formula is C4H12LiNO. The normalized spacial score (nSPS) is 8.57. The van der Waals surface area contributed by atoms with Crippen LogP contribution in [0.3, 0.4) is 0 Å². The molecule has 0 saturated heterocycles. The van der Waals surface area contributed by atoms with Crippen molar-refractivity contribution in [2.75, 3.05) is 27.2 Å². The van der Waals surface area contributed by atoms with Gasteiger partial charge < -0.3 is 11.4 Å². The van der Waals surface area contributed by atoms with Crippen molar-refractivity contribution in [3.63, 3.8) is 0 Å². The third-order valence-corrected chi connectivity index (χ3v) is 0.547. The standard InChI is InChI=1S/C4H11NO.Li.H/c1-5(2)3-4-6;;/h6H,3-4H2,1-2H3;;/q;+1;-1. The fraction of sp³-hybridized carbons (Fsp3) is 1.00. The molecule has 1 N–H and O–H groups in total. The van der Waals surface area contributed by atoms with Crippen molar-refractivity contribution in [3.05, 3.63) is 0 Å². The average Bonchev–Trinajstić information content (AvgIpc) is 1.35. The molecule has 0 aromatic rings. The van der Waals surface area contributed by atoms with Crippen LogP contribution in [0, 0.1) is 0 Å². The minimum absolute atomic E-state index is 0. The summed E-state index contributed by atoms with van der Waals surface area (Å²) < 4.78 is 0. The van der Waals surface area contributed by atoms with Crippen LogP contribution in [0.25, 0.3) is 0 Å². The first kappa shape index (κ1) is 10.5. The van der Waals surface area contributed by atoms with Gasteiger partial charge in [0.1, 0.15) is 0 Å². The number of rotatable bonds is 2. The monoisotopic (exact) mass is 97.1 g/mol. The first-order valence-electron chi connectivity index (χ1n) is 2.03. The molecule has 0 aromatic heterocycles. The zero-order valence-electron chi connectivity index (χ0n) is 6.31. The molecular weight excluding hydrogens is 85.0 g/mol. The second-order valence-electron chi connectivity index (χ2n) is 1.53. The third kappa shape index (κ3) is 10.7. The Hall–Kier alpha value is 0.517. The summed E-state index contributed by atoms with van der Waals surface area (Å²) in [4.78, 5) is 1.93. The van der Waals surface area contributed by atoms with Gasteiger partial charge in [0.05, 0.1) is 6.61 Å². The van der Waals surface area contributed by atoms with Gasteiger partial charge in [-0.3, -0.25) is 0 Å². The number of hydrogen-bond acceptors (Lipinski definition) is 2. The smallest absolute Gasteiger partial charge is 1.00 e. The molecule has 2 nitrogen and oxygen atoms in total. The van der Waals surface area contributed by atoms with Crippen LogP contribution in [-0.2, 0) is 0 Å². The van der Waals surface area contributed by atoms with Gasteiger partial charge in [-0.1, -0.05) is 0 Å². The minimum Gasteiger partial charge on any atom is -1.00 e. The Kier molecular flexibility index (Phi) is 9.77. The van der Waals surface area contributed by atoms with Crippen molar-refractivity contribution in [2.24, 2.45) is 0 Å². The van der Waals surface area contributed by atoms with E-state index in [1.807, 2.05) is 19.0 Å². The van der Waals surface area contributed by atoms with E-state index in [1.54, 1.807) is 0 Å². The van der Waals surface area contributed by atoms with E-state index in [0.29, 0.717) is 0 Å². The second-order valence-corrected chi connectivity index (χ2v) is 1.53. The van der Waals surface area contributed by atoms with Crippen LogP contribution >= 0.6 is 0 Å². The van der Waals surface area contributed by atoms with Gasteiger partial charge in [0.15, 0.2) is 0 Å². The Balaban J connectivity index is -0.000000125. The maximum Gasteiger partial charge on any atom is 1.00 e. The molecule has 0 rings (SSSR count). The molecule has 0 bridgehead atoms. The van der Waals surface area contributed by atoms with E-state index in [-0.39, 0.29) is 26.9 Å². The quantitative estimate of drug-likeness (QED) is 0.364. The molecule has 0 aliphatic rings. The fourth-order valence-electron chi connectivity index (χ4n) is 0.200. The van der Waals surface area contributed by atoms with Crippen LogP contribution in [0.5, 0.6) is 0 Å². The van der Waals surface area contributed by atoms with E-state index in [0.717, 1.165) is 6.54 Å². The van der Waals surface area contributed by atoms with Crippen LogP contribution in [0.15, 0.2) is 0 Å². The summed E-state index contributed by atoms with van der Waals surface area (Å²) in [6.45, 7) is 1.02. The van der Waals surface area contributed by atoms with E-state index in [4.69, 9.17) is 5.11 Å². The van der Waals surface area contributed by atoms with Gasteiger partial charge in [-0.25, -0.2) is 0 Å². The van der Waals surface area contributed by atoms with E-state index < -0.39 is 0 Å².